The van der Waals surface area contributed by atoms with Gasteiger partial charge in [-0.3, -0.25) is 9.59 Å². The molecule has 0 fully saturated rings. The van der Waals surface area contributed by atoms with E-state index in [-0.39, 0.29) is 66.4 Å². The van der Waals surface area contributed by atoms with Crippen molar-refractivity contribution in [1.29, 1.82) is 0 Å². The number of fused-ring (bicyclic) bond motifs is 2. The number of aromatic hydroxyl groups is 2. The average Bonchev–Trinajstić information content (AvgIpc) is 3.00. The number of rotatable bonds is 5. The lowest BCUT2D eigenvalue weighted by Crippen LogP contribution is -2.20. The largest absolute Gasteiger partial charge is 0.507 e. The van der Waals surface area contributed by atoms with Crippen molar-refractivity contribution < 1.29 is 44.2 Å². The van der Waals surface area contributed by atoms with Gasteiger partial charge in [-0.15, -0.1) is 0 Å². The second-order valence-electron chi connectivity index (χ2n) is 9.94. The van der Waals surface area contributed by atoms with Gasteiger partial charge < -0.3 is 34.6 Å². The highest BCUT2D eigenvalue weighted by molar-refractivity contribution is 6.03. The first-order chi connectivity index (χ1) is 20.3. The third-order valence-electron chi connectivity index (χ3n) is 7.14. The zero-order chi connectivity index (χ0) is 29.8. The minimum Gasteiger partial charge on any atom is -0.507 e. The Morgan fingerprint density at radius 1 is 0.690 bits per heavy atom. The summed E-state index contributed by atoms with van der Waals surface area (Å²) in [5, 5.41) is 38.2. The minimum atomic E-state index is -0.417. The summed E-state index contributed by atoms with van der Waals surface area (Å²) < 4.78 is 16.8. The van der Waals surface area contributed by atoms with Crippen molar-refractivity contribution in [2.24, 2.45) is 0 Å². The Bertz CT molecular complexity index is 1600. The minimum absolute atomic E-state index is 0.136. The van der Waals surface area contributed by atoms with Crippen LogP contribution in [0.1, 0.15) is 68.0 Å². The Kier molecular flexibility index (Phi) is 8.42. The summed E-state index contributed by atoms with van der Waals surface area (Å²) in [5.41, 5.74) is 3.17. The van der Waals surface area contributed by atoms with Gasteiger partial charge in [-0.1, -0.05) is 42.5 Å². The summed E-state index contributed by atoms with van der Waals surface area (Å²) in [6, 6.07) is 22.7. The number of benzene rings is 4. The van der Waals surface area contributed by atoms with Crippen LogP contribution in [0, 0.1) is 0 Å². The lowest BCUT2D eigenvalue weighted by molar-refractivity contribution is 0.0834. The van der Waals surface area contributed by atoms with Crippen LogP contribution >= 0.6 is 0 Å². The molecule has 4 aromatic rings. The molecule has 0 radical (unpaired) electrons. The number of ether oxygens (including phenoxy) is 3. The molecule has 6 rings (SSSR count). The van der Waals surface area contributed by atoms with Gasteiger partial charge in [-0.2, -0.15) is 0 Å². The van der Waals surface area contributed by atoms with Gasteiger partial charge in [0.2, 0.25) is 0 Å². The number of aliphatic hydroxyl groups is 2. The summed E-state index contributed by atoms with van der Waals surface area (Å²) >= 11 is 0. The van der Waals surface area contributed by atoms with Gasteiger partial charge in [0.15, 0.2) is 11.6 Å². The van der Waals surface area contributed by atoms with Crippen LogP contribution in [-0.2, 0) is 13.2 Å². The molecule has 0 saturated heterocycles. The number of phenolic OH excluding ortho intramolecular Hbond substituents is 2. The van der Waals surface area contributed by atoms with Crippen molar-refractivity contribution in [1.82, 2.24) is 0 Å². The molecule has 9 nitrogen and oxygen atoms in total. The molecule has 9 heteroatoms. The second-order valence-corrected chi connectivity index (χ2v) is 9.94. The Morgan fingerprint density at radius 3 is 1.57 bits per heavy atom. The summed E-state index contributed by atoms with van der Waals surface area (Å²) in [6.07, 6.45) is -0.419. The van der Waals surface area contributed by atoms with Crippen molar-refractivity contribution >= 4 is 11.6 Å². The van der Waals surface area contributed by atoms with E-state index in [1.54, 1.807) is 31.4 Å². The van der Waals surface area contributed by atoms with E-state index < -0.39 is 6.10 Å². The number of Topliss-reactive ketones (excluding diaryl/α,β-unsaturated/α-hetero) is 2. The summed E-state index contributed by atoms with van der Waals surface area (Å²) in [5.74, 6) is 0.751. The molecule has 2 heterocycles. The number of phenols is 2. The van der Waals surface area contributed by atoms with Crippen LogP contribution in [0.3, 0.4) is 0 Å². The van der Waals surface area contributed by atoms with E-state index >= 15 is 0 Å². The van der Waals surface area contributed by atoms with Crippen LogP contribution in [0.2, 0.25) is 0 Å². The van der Waals surface area contributed by atoms with Crippen LogP contribution in [-0.4, -0.2) is 39.1 Å². The predicted molar refractivity (Wildman–Crippen MR) is 152 cm³/mol. The molecular weight excluding hydrogens is 540 g/mol. The lowest BCUT2D eigenvalue weighted by atomic mass is 9.94. The molecule has 0 unspecified atom stereocenters. The van der Waals surface area contributed by atoms with Crippen LogP contribution in [0.4, 0.5) is 0 Å². The van der Waals surface area contributed by atoms with Crippen LogP contribution in [0.15, 0.2) is 78.9 Å². The SMILES string of the molecule is COc1ccc([C@@H]2CC(=O)c3c(O)cc(CO)cc3O2)cc1.O=C1C[C@@H](c2ccccc2)Oc2cc(CO)cc(O)c21. The van der Waals surface area contributed by atoms with Gasteiger partial charge in [0, 0.05) is 0 Å². The Morgan fingerprint density at radius 2 is 1.14 bits per heavy atom. The molecule has 0 amide bonds. The monoisotopic (exact) mass is 570 g/mol. The average molecular weight is 571 g/mol. The van der Waals surface area contributed by atoms with Crippen molar-refractivity contribution in [3.05, 3.63) is 112 Å². The Hall–Kier alpha value is -4.86. The number of ketones is 2. The number of carbonyl (C=O) groups is 2. The fraction of sp³-hybridized carbons (Fsp3) is 0.212. The molecule has 0 saturated carbocycles. The number of aliphatic hydroxyl groups excluding tert-OH is 2. The van der Waals surface area contributed by atoms with E-state index in [0.29, 0.717) is 22.6 Å². The van der Waals surface area contributed by atoms with Gasteiger partial charge >= 0.3 is 0 Å². The highest BCUT2D eigenvalue weighted by Gasteiger charge is 2.31. The van der Waals surface area contributed by atoms with E-state index in [9.17, 15) is 24.9 Å². The number of hydrogen-bond donors (Lipinski definition) is 4. The van der Waals surface area contributed by atoms with Crippen LogP contribution in [0.25, 0.3) is 0 Å². The third-order valence-corrected chi connectivity index (χ3v) is 7.14. The summed E-state index contributed by atoms with van der Waals surface area (Å²) in [6.45, 7) is -0.444. The standard InChI is InChI=1S/C17H16O5.C16H14O4/c1-21-12-4-2-11(3-5-12)15-8-14(20)17-13(19)6-10(9-18)7-16(17)22-15;17-9-10-6-12(18)16-13(19)8-14(20-15(16)7-10)11-4-2-1-3-5-11/h2-7,15,18-19H,8-9H2,1H3;1-7,14,17-18H,8-9H2/t15-;14-/m00/s1. The van der Waals surface area contributed by atoms with E-state index in [1.165, 1.54) is 12.1 Å². The predicted octanol–water partition coefficient (Wildman–Crippen LogP) is 5.19. The fourth-order valence-corrected chi connectivity index (χ4v) is 5.03. The molecule has 42 heavy (non-hydrogen) atoms. The zero-order valence-corrected chi connectivity index (χ0v) is 22.8. The first-order valence-electron chi connectivity index (χ1n) is 13.3. The first kappa shape index (κ1) is 28.7. The molecule has 2 atom stereocenters. The van der Waals surface area contributed by atoms with Gasteiger partial charge in [-0.25, -0.2) is 0 Å². The van der Waals surface area contributed by atoms with Crippen molar-refractivity contribution in [3.8, 4) is 28.7 Å². The van der Waals surface area contributed by atoms with Crippen molar-refractivity contribution in [3.63, 3.8) is 0 Å². The number of methoxy groups -OCH3 is 1. The zero-order valence-electron chi connectivity index (χ0n) is 22.8. The molecular formula is C33H30O9. The quantitative estimate of drug-likeness (QED) is 0.255. The molecule has 2 aliphatic heterocycles. The molecule has 0 aliphatic carbocycles. The Labute approximate surface area is 242 Å². The molecule has 4 aromatic carbocycles. The van der Waals surface area contributed by atoms with Crippen molar-refractivity contribution in [2.75, 3.05) is 7.11 Å². The van der Waals surface area contributed by atoms with E-state index in [2.05, 4.69) is 0 Å². The molecule has 4 N–H and O–H groups in total. The smallest absolute Gasteiger partial charge is 0.174 e. The molecule has 0 aromatic heterocycles. The topological polar surface area (TPSA) is 143 Å². The molecule has 2 aliphatic rings. The maximum Gasteiger partial charge on any atom is 0.174 e. The highest BCUT2D eigenvalue weighted by atomic mass is 16.5. The maximum atomic E-state index is 12.3. The first-order valence-corrected chi connectivity index (χ1v) is 13.3. The third kappa shape index (κ3) is 5.93. The molecule has 0 spiro atoms. The maximum absolute atomic E-state index is 12.3. The number of carbonyl (C=O) groups excluding carboxylic acids is 2. The van der Waals surface area contributed by atoms with E-state index in [4.69, 9.17) is 19.3 Å². The lowest BCUT2D eigenvalue weighted by Gasteiger charge is -2.26. The fourth-order valence-electron chi connectivity index (χ4n) is 5.03. The molecule has 216 valence electrons. The normalized spacial score (nSPS) is 17.1. The number of hydrogen-bond acceptors (Lipinski definition) is 9. The van der Waals surface area contributed by atoms with E-state index in [0.717, 1.165) is 16.9 Å². The van der Waals surface area contributed by atoms with Crippen LogP contribution in [0.5, 0.6) is 28.7 Å². The van der Waals surface area contributed by atoms with Gasteiger partial charge in [0.05, 0.1) is 33.2 Å². The van der Waals surface area contributed by atoms with Crippen LogP contribution < -0.4 is 14.2 Å². The van der Waals surface area contributed by atoms with Crippen molar-refractivity contribution in [2.45, 2.75) is 38.3 Å². The van der Waals surface area contributed by atoms with E-state index in [1.807, 2.05) is 42.5 Å². The Balaban J connectivity index is 0.000000169. The highest BCUT2D eigenvalue weighted by Crippen LogP contribution is 2.41. The second kappa shape index (κ2) is 12.3. The summed E-state index contributed by atoms with van der Waals surface area (Å²) in [7, 11) is 1.59. The van der Waals surface area contributed by atoms with Gasteiger partial charge in [-0.05, 0) is 58.7 Å². The molecule has 0 bridgehead atoms. The summed E-state index contributed by atoms with van der Waals surface area (Å²) in [4.78, 5) is 24.5. The van der Waals surface area contributed by atoms with Gasteiger partial charge in [0.1, 0.15) is 52.1 Å². The van der Waals surface area contributed by atoms with Gasteiger partial charge in [0.25, 0.3) is 0 Å².